The molecule has 2 aliphatic rings. The first-order chi connectivity index (χ1) is 7.34. The molecule has 0 atom stereocenters. The molecule has 2 fully saturated rings. The molecule has 0 saturated carbocycles. The molecule has 0 bridgehead atoms. The maximum absolute atomic E-state index is 4.37. The van der Waals surface area contributed by atoms with Crippen molar-refractivity contribution in [2.24, 2.45) is 0 Å². The Morgan fingerprint density at radius 3 is 1.93 bits per heavy atom. The van der Waals surface area contributed by atoms with Crippen molar-refractivity contribution in [3.63, 3.8) is 0 Å². The highest BCUT2D eigenvalue weighted by Gasteiger charge is 2.17. The van der Waals surface area contributed by atoms with Crippen LogP contribution in [0.1, 0.15) is 0 Å². The molecule has 0 aromatic rings. The molecule has 2 rings (SSSR count). The Hall–Kier alpha value is -0.160. The molecule has 0 amide bonds. The smallest absolute Gasteiger partial charge is 0.157 e. The van der Waals surface area contributed by atoms with Crippen LogP contribution in [0.5, 0.6) is 0 Å². The van der Waals surface area contributed by atoms with E-state index in [1.54, 1.807) is 0 Å². The van der Waals surface area contributed by atoms with Crippen LogP contribution in [0.4, 0.5) is 0 Å². The maximum Gasteiger partial charge on any atom is 0.157 e. The summed E-state index contributed by atoms with van der Waals surface area (Å²) in [6, 6.07) is 0. The topological polar surface area (TPSA) is 22.5 Å². The number of rotatable bonds is 3. The minimum Gasteiger partial charge on any atom is -0.432 e. The zero-order chi connectivity index (χ0) is 10.5. The van der Waals surface area contributed by atoms with Crippen molar-refractivity contribution in [1.82, 2.24) is 14.7 Å². The van der Waals surface area contributed by atoms with Crippen molar-refractivity contribution in [2.75, 3.05) is 72.6 Å². The lowest BCUT2D eigenvalue weighted by atomic mass is 10.3. The van der Waals surface area contributed by atoms with E-state index in [0.29, 0.717) is 0 Å². The lowest BCUT2D eigenvalue weighted by Crippen LogP contribution is -2.48. The third-order valence-corrected chi connectivity index (χ3v) is 3.48. The van der Waals surface area contributed by atoms with Crippen molar-refractivity contribution in [1.29, 1.82) is 0 Å². The predicted octanol–water partition coefficient (Wildman–Crippen LogP) is -0.923. The number of morpholine rings is 1. The Morgan fingerprint density at radius 1 is 0.800 bits per heavy atom. The molecule has 0 radical (unpaired) electrons. The number of ether oxygens (including phenoxy) is 1. The summed E-state index contributed by atoms with van der Waals surface area (Å²) in [6.45, 7) is 11.9. The molecule has 0 spiro atoms. The van der Waals surface area contributed by atoms with Gasteiger partial charge in [-0.05, 0) is 7.05 Å². The molecule has 4 heteroatoms. The second kappa shape index (κ2) is 5.80. The third-order valence-electron chi connectivity index (χ3n) is 3.48. The van der Waals surface area contributed by atoms with Crippen LogP contribution in [0.25, 0.3) is 0 Å². The van der Waals surface area contributed by atoms with E-state index in [9.17, 15) is 0 Å². The van der Waals surface area contributed by atoms with Gasteiger partial charge in [0.2, 0.25) is 0 Å². The van der Waals surface area contributed by atoms with E-state index in [0.717, 1.165) is 13.2 Å². The Bertz CT molecular complexity index is 175. The second-order valence-corrected chi connectivity index (χ2v) is 4.66. The van der Waals surface area contributed by atoms with E-state index >= 15 is 0 Å². The van der Waals surface area contributed by atoms with Crippen LogP contribution < -0.4 is 0 Å². The van der Waals surface area contributed by atoms with Gasteiger partial charge < -0.3 is 9.64 Å². The average Bonchev–Trinajstić information content (AvgIpc) is 2.30. The summed E-state index contributed by atoms with van der Waals surface area (Å²) in [5.41, 5.74) is 0. The number of nitrogens with zero attached hydrogens (tertiary/aromatic N) is 3. The predicted molar refractivity (Wildman–Crippen MR) is 62.3 cm³/mol. The molecule has 88 valence electrons. The molecule has 2 aliphatic heterocycles. The van der Waals surface area contributed by atoms with Gasteiger partial charge in [-0.15, -0.1) is 0 Å². The lowest BCUT2D eigenvalue weighted by Gasteiger charge is -2.34. The van der Waals surface area contributed by atoms with Gasteiger partial charge in [0.05, 0.1) is 13.1 Å². The normalized spacial score (nSPS) is 27.0. The van der Waals surface area contributed by atoms with Gasteiger partial charge in [-0.1, -0.05) is 0 Å². The standard InChI is InChI=1S/C11H23N3O/c1-12-2-4-13(5-3-12)6-7-14-8-10-15-11-9-14/h2-11H2,1H3/p+1. The van der Waals surface area contributed by atoms with E-state index in [1.807, 2.05) is 0 Å². The molecule has 2 saturated heterocycles. The lowest BCUT2D eigenvalue weighted by molar-refractivity contribution is -0.0915. The molecule has 2 heterocycles. The van der Waals surface area contributed by atoms with E-state index in [-0.39, 0.29) is 0 Å². The van der Waals surface area contributed by atoms with Gasteiger partial charge in [-0.2, -0.15) is 0 Å². The summed E-state index contributed by atoms with van der Waals surface area (Å²) in [5, 5.41) is 0. The van der Waals surface area contributed by atoms with Gasteiger partial charge in [-0.25, -0.2) is 0 Å². The number of piperazine rings is 1. The number of hydrogen-bond acceptors (Lipinski definition) is 3. The van der Waals surface area contributed by atoms with Gasteiger partial charge in [0.1, 0.15) is 0 Å². The Morgan fingerprint density at radius 2 is 1.33 bits per heavy atom. The molecule has 0 aromatic heterocycles. The van der Waals surface area contributed by atoms with Crippen molar-refractivity contribution >= 4 is 0 Å². The quantitative estimate of drug-likeness (QED) is 0.567. The average molecular weight is 214 g/mol. The molecular weight excluding hydrogens is 190 g/mol. The van der Waals surface area contributed by atoms with Gasteiger partial charge in [0, 0.05) is 39.3 Å². The maximum atomic E-state index is 4.37. The summed E-state index contributed by atoms with van der Waals surface area (Å²) >= 11 is 0. The first-order valence-corrected chi connectivity index (χ1v) is 6.11. The van der Waals surface area contributed by atoms with Crippen molar-refractivity contribution in [3.8, 4) is 0 Å². The van der Waals surface area contributed by atoms with Crippen LogP contribution in [0.3, 0.4) is 0 Å². The molecule has 1 N–H and O–H groups in total. The molecule has 0 aliphatic carbocycles. The largest absolute Gasteiger partial charge is 0.432 e. The zero-order valence-corrected chi connectivity index (χ0v) is 9.86. The highest BCUT2D eigenvalue weighted by Crippen LogP contribution is 2.00. The minimum atomic E-state index is 1.04. The SMILES string of the molecule is CN1CCN(CCN2CC[OH+]CC2)CC1. The van der Waals surface area contributed by atoms with Gasteiger partial charge >= 0.3 is 0 Å². The van der Waals surface area contributed by atoms with E-state index in [4.69, 9.17) is 0 Å². The number of hydrogen-bond donors (Lipinski definition) is 0. The molecule has 4 nitrogen and oxygen atoms in total. The summed E-state index contributed by atoms with van der Waals surface area (Å²) in [5.74, 6) is 0. The van der Waals surface area contributed by atoms with Gasteiger partial charge in [-0.3, -0.25) is 9.80 Å². The number of aliphatic hydroxyl groups is 2. The summed E-state index contributed by atoms with van der Waals surface area (Å²) in [6.07, 6.45) is 0. The van der Waals surface area contributed by atoms with Crippen molar-refractivity contribution in [3.05, 3.63) is 0 Å². The zero-order valence-electron chi connectivity index (χ0n) is 9.86. The molecule has 0 unspecified atom stereocenters. The summed E-state index contributed by atoms with van der Waals surface area (Å²) in [4.78, 5) is 7.55. The Labute approximate surface area is 92.8 Å². The van der Waals surface area contributed by atoms with Crippen LogP contribution in [-0.4, -0.2) is 92.1 Å². The van der Waals surface area contributed by atoms with E-state index in [1.165, 1.54) is 52.4 Å². The fourth-order valence-electron chi connectivity index (χ4n) is 2.23. The van der Waals surface area contributed by atoms with Gasteiger partial charge in [0.25, 0.3) is 0 Å². The van der Waals surface area contributed by atoms with E-state index < -0.39 is 0 Å². The Balaban J connectivity index is 1.60. The minimum absolute atomic E-state index is 1.04. The van der Waals surface area contributed by atoms with Crippen LogP contribution in [0.15, 0.2) is 0 Å². The third kappa shape index (κ3) is 3.72. The first-order valence-electron chi connectivity index (χ1n) is 6.11. The molecule has 0 aromatic carbocycles. The second-order valence-electron chi connectivity index (χ2n) is 4.66. The van der Waals surface area contributed by atoms with Crippen LogP contribution in [0, 0.1) is 0 Å². The van der Waals surface area contributed by atoms with Crippen LogP contribution >= 0.6 is 0 Å². The van der Waals surface area contributed by atoms with Crippen molar-refractivity contribution < 1.29 is 4.74 Å². The van der Waals surface area contributed by atoms with Crippen LogP contribution in [-0.2, 0) is 0 Å². The van der Waals surface area contributed by atoms with Crippen LogP contribution in [0.2, 0.25) is 0 Å². The van der Waals surface area contributed by atoms with E-state index in [2.05, 4.69) is 26.5 Å². The monoisotopic (exact) mass is 214 g/mol. The van der Waals surface area contributed by atoms with Crippen molar-refractivity contribution in [2.45, 2.75) is 0 Å². The number of likely N-dealkylation sites (N-methyl/N-ethyl adjacent to an activating group) is 1. The summed E-state index contributed by atoms with van der Waals surface area (Å²) in [7, 11) is 2.21. The highest BCUT2D eigenvalue weighted by atomic mass is 16.5. The fourth-order valence-corrected chi connectivity index (χ4v) is 2.23. The fraction of sp³-hybridized carbons (Fsp3) is 1.00. The van der Waals surface area contributed by atoms with Gasteiger partial charge in [0.15, 0.2) is 13.2 Å². The highest BCUT2D eigenvalue weighted by molar-refractivity contribution is 4.71. The first kappa shape index (κ1) is 11.3. The molecular formula is C11H24N3O+. The summed E-state index contributed by atoms with van der Waals surface area (Å²) < 4.78 is 4.37. The Kier molecular flexibility index (Phi) is 4.38. The molecule has 15 heavy (non-hydrogen) atoms.